The first-order valence-electron chi connectivity index (χ1n) is 4.25. The molecule has 1 saturated heterocycles. The molecule has 5 heteroatoms. The highest BCUT2D eigenvalue weighted by Gasteiger charge is 2.25. The van der Waals surface area contributed by atoms with Crippen LogP contribution in [-0.2, 0) is 11.3 Å². The molecule has 2 heterocycles. The quantitative estimate of drug-likeness (QED) is 0.664. The lowest BCUT2D eigenvalue weighted by molar-refractivity contribution is 0.122. The van der Waals surface area contributed by atoms with Crippen molar-refractivity contribution in [3.8, 4) is 0 Å². The Morgan fingerprint density at radius 2 is 2.54 bits per heavy atom. The molecule has 1 aromatic rings. The summed E-state index contributed by atoms with van der Waals surface area (Å²) in [6.07, 6.45) is 1.18. The minimum atomic E-state index is -0.414. The van der Waals surface area contributed by atoms with E-state index < -0.39 is 6.10 Å². The highest BCUT2D eigenvalue weighted by Crippen LogP contribution is 2.06. The number of aliphatic hydroxyl groups excluding tert-OH is 1. The van der Waals surface area contributed by atoms with Gasteiger partial charge in [-0.25, -0.2) is 0 Å². The first-order valence-corrected chi connectivity index (χ1v) is 4.25. The van der Waals surface area contributed by atoms with Crippen molar-refractivity contribution in [3.05, 3.63) is 18.0 Å². The van der Waals surface area contributed by atoms with Crippen molar-refractivity contribution in [3.63, 3.8) is 0 Å². The Kier molecular flexibility index (Phi) is 2.58. The summed E-state index contributed by atoms with van der Waals surface area (Å²) in [5.41, 5.74) is 0. The summed E-state index contributed by atoms with van der Waals surface area (Å²) in [5, 5.41) is 16.1. The smallest absolute Gasteiger partial charge is 0.150 e. The van der Waals surface area contributed by atoms with Crippen LogP contribution in [0.4, 0.5) is 0 Å². The van der Waals surface area contributed by atoms with Gasteiger partial charge >= 0.3 is 0 Å². The molecule has 1 aliphatic rings. The number of aliphatic hydroxyl groups is 1. The predicted molar refractivity (Wildman–Crippen MR) is 44.0 cm³/mol. The number of nitrogens with zero attached hydrogens (tertiary/aromatic N) is 1. The first-order chi connectivity index (χ1) is 6.36. The molecule has 0 aromatic carbocycles. The van der Waals surface area contributed by atoms with Gasteiger partial charge in [-0.05, 0) is 0 Å². The Hall–Kier alpha value is -0.910. The molecule has 2 unspecified atom stereocenters. The number of aromatic nitrogens is 1. The maximum atomic E-state index is 9.38. The Bertz CT molecular complexity index is 250. The van der Waals surface area contributed by atoms with Gasteiger partial charge in [-0.3, -0.25) is 0 Å². The molecule has 0 aliphatic carbocycles. The largest absolute Gasteiger partial charge is 0.389 e. The van der Waals surface area contributed by atoms with E-state index in [0.29, 0.717) is 19.8 Å². The highest BCUT2D eigenvalue weighted by atomic mass is 16.5. The summed E-state index contributed by atoms with van der Waals surface area (Å²) < 4.78 is 9.97. The Balaban J connectivity index is 1.79. The van der Waals surface area contributed by atoms with Crippen LogP contribution in [0.3, 0.4) is 0 Å². The van der Waals surface area contributed by atoms with Gasteiger partial charge in [0, 0.05) is 6.07 Å². The van der Waals surface area contributed by atoms with Gasteiger partial charge in [0.15, 0.2) is 0 Å². The van der Waals surface area contributed by atoms with E-state index in [-0.39, 0.29) is 6.04 Å². The maximum absolute atomic E-state index is 9.38. The van der Waals surface area contributed by atoms with Crippen LogP contribution in [0.15, 0.2) is 16.8 Å². The van der Waals surface area contributed by atoms with E-state index >= 15 is 0 Å². The Morgan fingerprint density at radius 3 is 3.15 bits per heavy atom. The van der Waals surface area contributed by atoms with Crippen molar-refractivity contribution in [1.82, 2.24) is 10.5 Å². The first kappa shape index (κ1) is 8.68. The van der Waals surface area contributed by atoms with Gasteiger partial charge in [-0.15, -0.1) is 0 Å². The van der Waals surface area contributed by atoms with Crippen molar-refractivity contribution in [2.45, 2.75) is 18.7 Å². The fourth-order valence-electron chi connectivity index (χ4n) is 1.30. The Labute approximate surface area is 75.7 Å². The Morgan fingerprint density at radius 1 is 1.62 bits per heavy atom. The summed E-state index contributed by atoms with van der Waals surface area (Å²) >= 11 is 0. The number of hydrogen-bond donors (Lipinski definition) is 2. The average Bonchev–Trinajstić information content (AvgIpc) is 2.72. The molecule has 2 N–H and O–H groups in total. The van der Waals surface area contributed by atoms with Gasteiger partial charge in [0.25, 0.3) is 0 Å². The van der Waals surface area contributed by atoms with Crippen LogP contribution in [0.25, 0.3) is 0 Å². The van der Waals surface area contributed by atoms with Gasteiger partial charge in [-0.1, -0.05) is 5.16 Å². The van der Waals surface area contributed by atoms with Crippen molar-refractivity contribution in [1.29, 1.82) is 0 Å². The summed E-state index contributed by atoms with van der Waals surface area (Å²) in [4.78, 5) is 0. The molecule has 72 valence electrons. The fraction of sp³-hybridized carbons (Fsp3) is 0.625. The number of rotatable bonds is 3. The van der Waals surface area contributed by atoms with Crippen LogP contribution in [0, 0.1) is 0 Å². The zero-order valence-corrected chi connectivity index (χ0v) is 7.14. The number of nitrogens with one attached hydrogen (secondary N) is 1. The molecule has 0 amide bonds. The topological polar surface area (TPSA) is 67.5 Å². The van der Waals surface area contributed by atoms with E-state index in [1.165, 1.54) is 0 Å². The van der Waals surface area contributed by atoms with Crippen LogP contribution in [-0.4, -0.2) is 35.6 Å². The number of ether oxygens (including phenoxy) is 1. The maximum Gasteiger partial charge on any atom is 0.150 e. The summed E-state index contributed by atoms with van der Waals surface area (Å²) in [6, 6.07) is 1.79. The normalized spacial score (nSPS) is 28.1. The standard InChI is InChI=1S/C8H12N2O3/c11-8-5-12-4-7(8)9-3-6-1-2-10-13-6/h1-2,7-9,11H,3-5H2. The summed E-state index contributed by atoms with van der Waals surface area (Å²) in [6.45, 7) is 1.54. The molecular weight excluding hydrogens is 172 g/mol. The second-order valence-electron chi connectivity index (χ2n) is 3.07. The van der Waals surface area contributed by atoms with Crippen LogP contribution in [0.2, 0.25) is 0 Å². The molecular formula is C8H12N2O3. The van der Waals surface area contributed by atoms with Gasteiger partial charge in [0.1, 0.15) is 5.76 Å². The summed E-state index contributed by atoms with van der Waals surface area (Å²) in [7, 11) is 0. The minimum absolute atomic E-state index is 0.00472. The van der Waals surface area contributed by atoms with Crippen molar-refractivity contribution < 1.29 is 14.4 Å². The fourth-order valence-corrected chi connectivity index (χ4v) is 1.30. The highest BCUT2D eigenvalue weighted by molar-refractivity contribution is 4.93. The monoisotopic (exact) mass is 184 g/mol. The molecule has 1 aromatic heterocycles. The molecule has 1 fully saturated rings. The minimum Gasteiger partial charge on any atom is -0.389 e. The molecule has 2 rings (SSSR count). The van der Waals surface area contributed by atoms with Gasteiger partial charge in [0.2, 0.25) is 0 Å². The van der Waals surface area contributed by atoms with Gasteiger partial charge in [0.05, 0.1) is 38.1 Å². The second-order valence-corrected chi connectivity index (χ2v) is 3.07. The molecule has 0 radical (unpaired) electrons. The van der Waals surface area contributed by atoms with Crippen LogP contribution in [0.5, 0.6) is 0 Å². The third kappa shape index (κ3) is 2.06. The molecule has 2 atom stereocenters. The van der Waals surface area contributed by atoms with E-state index in [0.717, 1.165) is 5.76 Å². The lowest BCUT2D eigenvalue weighted by atomic mass is 10.2. The third-order valence-electron chi connectivity index (χ3n) is 2.08. The van der Waals surface area contributed by atoms with Crippen molar-refractivity contribution >= 4 is 0 Å². The molecule has 0 spiro atoms. The molecule has 5 nitrogen and oxygen atoms in total. The third-order valence-corrected chi connectivity index (χ3v) is 2.08. The average molecular weight is 184 g/mol. The van der Waals surface area contributed by atoms with Crippen LogP contribution >= 0.6 is 0 Å². The second kappa shape index (κ2) is 3.87. The van der Waals surface area contributed by atoms with E-state index in [1.54, 1.807) is 12.3 Å². The molecule has 13 heavy (non-hydrogen) atoms. The van der Waals surface area contributed by atoms with E-state index in [1.807, 2.05) is 0 Å². The summed E-state index contributed by atoms with van der Waals surface area (Å²) in [5.74, 6) is 0.763. The van der Waals surface area contributed by atoms with E-state index in [9.17, 15) is 5.11 Å². The molecule has 0 bridgehead atoms. The molecule has 0 saturated carbocycles. The number of hydrogen-bond acceptors (Lipinski definition) is 5. The van der Waals surface area contributed by atoms with E-state index in [4.69, 9.17) is 9.26 Å². The zero-order chi connectivity index (χ0) is 9.10. The SMILES string of the molecule is OC1COCC1NCc1ccno1. The van der Waals surface area contributed by atoms with Gasteiger partial charge < -0.3 is 19.7 Å². The lowest BCUT2D eigenvalue weighted by Gasteiger charge is -2.12. The van der Waals surface area contributed by atoms with Crippen LogP contribution < -0.4 is 5.32 Å². The lowest BCUT2D eigenvalue weighted by Crippen LogP contribution is -2.38. The van der Waals surface area contributed by atoms with Gasteiger partial charge in [-0.2, -0.15) is 0 Å². The van der Waals surface area contributed by atoms with E-state index in [2.05, 4.69) is 10.5 Å². The molecule has 1 aliphatic heterocycles. The zero-order valence-electron chi connectivity index (χ0n) is 7.14. The van der Waals surface area contributed by atoms with Crippen molar-refractivity contribution in [2.75, 3.05) is 13.2 Å². The van der Waals surface area contributed by atoms with Crippen molar-refractivity contribution in [2.24, 2.45) is 0 Å². The predicted octanol–water partition coefficient (Wildman–Crippen LogP) is -0.476. The van der Waals surface area contributed by atoms with Crippen LogP contribution in [0.1, 0.15) is 5.76 Å².